The topological polar surface area (TPSA) is 54.0 Å². The smallest absolute Gasteiger partial charge is 0.345 e. The van der Waals surface area contributed by atoms with Gasteiger partial charge >= 0.3 is 5.97 Å². The van der Waals surface area contributed by atoms with E-state index in [-0.39, 0.29) is 18.5 Å². The zero-order valence-corrected chi connectivity index (χ0v) is 15.2. The molecule has 0 aromatic heterocycles. The van der Waals surface area contributed by atoms with Crippen molar-refractivity contribution < 1.29 is 32.5 Å². The molecule has 1 aliphatic rings. The van der Waals surface area contributed by atoms with E-state index in [9.17, 15) is 13.6 Å². The highest BCUT2D eigenvalue weighted by atomic mass is 19.1. The highest BCUT2D eigenvalue weighted by molar-refractivity contribution is 5.93. The molecule has 5 nitrogen and oxygen atoms in total. The Kier molecular flexibility index (Phi) is 5.68. The van der Waals surface area contributed by atoms with E-state index in [0.29, 0.717) is 19.1 Å². The molecule has 1 heterocycles. The van der Waals surface area contributed by atoms with E-state index >= 15 is 0 Å². The van der Waals surface area contributed by atoms with Crippen LogP contribution in [0.15, 0.2) is 12.1 Å². The van der Waals surface area contributed by atoms with Crippen LogP contribution in [0.2, 0.25) is 0 Å². The second-order valence-electron chi connectivity index (χ2n) is 7.35. The molecule has 1 atom stereocenters. The van der Waals surface area contributed by atoms with Gasteiger partial charge in [-0.05, 0) is 34.6 Å². The molecule has 1 fully saturated rings. The molecule has 25 heavy (non-hydrogen) atoms. The molecule has 0 saturated carbocycles. The summed E-state index contributed by atoms with van der Waals surface area (Å²) in [5, 5.41) is 0. The van der Waals surface area contributed by atoms with Crippen LogP contribution in [0.5, 0.6) is 5.75 Å². The minimum absolute atomic E-state index is 0.114. The molecular weight excluding hydrogens is 334 g/mol. The largest absolute Gasteiger partial charge is 0.492 e. The summed E-state index contributed by atoms with van der Waals surface area (Å²) < 4.78 is 49.3. The molecule has 1 aliphatic heterocycles. The van der Waals surface area contributed by atoms with Gasteiger partial charge in [-0.1, -0.05) is 0 Å². The van der Waals surface area contributed by atoms with Crippen molar-refractivity contribution >= 4 is 5.97 Å². The fourth-order valence-electron chi connectivity index (χ4n) is 2.40. The molecule has 0 radical (unpaired) electrons. The first-order valence-corrected chi connectivity index (χ1v) is 8.14. The van der Waals surface area contributed by atoms with E-state index in [2.05, 4.69) is 0 Å². The third kappa shape index (κ3) is 5.64. The Hall–Kier alpha value is -1.73. The van der Waals surface area contributed by atoms with Gasteiger partial charge in [0, 0.05) is 18.6 Å². The van der Waals surface area contributed by atoms with Gasteiger partial charge in [-0.2, -0.15) is 0 Å². The predicted molar refractivity (Wildman–Crippen MR) is 86.5 cm³/mol. The van der Waals surface area contributed by atoms with Crippen molar-refractivity contribution in [3.8, 4) is 5.75 Å². The predicted octanol–water partition coefficient (Wildman–Crippen LogP) is 3.84. The molecule has 0 N–H and O–H groups in total. The van der Waals surface area contributed by atoms with Gasteiger partial charge in [0.15, 0.2) is 5.79 Å². The maximum atomic E-state index is 14.1. The highest BCUT2D eigenvalue weighted by Crippen LogP contribution is 2.28. The van der Waals surface area contributed by atoms with E-state index in [1.165, 1.54) is 0 Å². The van der Waals surface area contributed by atoms with Crippen molar-refractivity contribution in [2.45, 2.75) is 58.5 Å². The number of halogens is 2. The van der Waals surface area contributed by atoms with Gasteiger partial charge < -0.3 is 18.9 Å². The lowest BCUT2D eigenvalue weighted by atomic mass is 10.1. The lowest BCUT2D eigenvalue weighted by Gasteiger charge is -2.21. The third-order valence-corrected chi connectivity index (χ3v) is 3.39. The van der Waals surface area contributed by atoms with Crippen LogP contribution in [0, 0.1) is 11.6 Å². The number of carbonyl (C=O) groups is 1. The summed E-state index contributed by atoms with van der Waals surface area (Å²) in [6.45, 7) is 9.10. The maximum Gasteiger partial charge on any atom is 0.345 e. The lowest BCUT2D eigenvalue weighted by molar-refractivity contribution is -0.139. The molecule has 1 saturated heterocycles. The van der Waals surface area contributed by atoms with Crippen LogP contribution in [-0.2, 0) is 14.2 Å². The summed E-state index contributed by atoms with van der Waals surface area (Å²) in [6.07, 6.45) is 0.272. The zero-order chi connectivity index (χ0) is 18.8. The molecule has 1 aromatic carbocycles. The molecule has 0 bridgehead atoms. The molecule has 2 rings (SSSR count). The lowest BCUT2D eigenvalue weighted by Crippen LogP contribution is -2.25. The first kappa shape index (κ1) is 19.6. The monoisotopic (exact) mass is 358 g/mol. The van der Waals surface area contributed by atoms with E-state index in [0.717, 1.165) is 6.07 Å². The molecule has 1 unspecified atom stereocenters. The van der Waals surface area contributed by atoms with Crippen LogP contribution in [0.4, 0.5) is 8.78 Å². The number of hydrogen-bond donors (Lipinski definition) is 0. The van der Waals surface area contributed by atoms with E-state index in [1.54, 1.807) is 34.6 Å². The first-order valence-electron chi connectivity index (χ1n) is 8.14. The van der Waals surface area contributed by atoms with Gasteiger partial charge in [-0.3, -0.25) is 0 Å². The fourth-order valence-corrected chi connectivity index (χ4v) is 2.40. The Balaban J connectivity index is 2.07. The van der Waals surface area contributed by atoms with Gasteiger partial charge in [0.1, 0.15) is 28.5 Å². The molecule has 0 aliphatic carbocycles. The van der Waals surface area contributed by atoms with Crippen LogP contribution in [0.3, 0.4) is 0 Å². The van der Waals surface area contributed by atoms with E-state index in [4.69, 9.17) is 18.9 Å². The SMILES string of the molecule is CC(C)(C)OC(=O)c1c(F)cc(F)cc1OCCC1COC(C)(C)O1. The molecule has 1 aromatic rings. The molecular formula is C18H24F2O5. The maximum absolute atomic E-state index is 14.1. The standard InChI is InChI=1S/C18H24F2O5/c1-17(2,3)25-16(21)15-13(20)8-11(19)9-14(15)22-7-6-12-10-23-18(4,5)24-12/h8-9,12H,6-7,10H2,1-5H3. The van der Waals surface area contributed by atoms with Crippen LogP contribution in [-0.4, -0.2) is 36.7 Å². The second-order valence-corrected chi connectivity index (χ2v) is 7.35. The van der Waals surface area contributed by atoms with E-state index in [1.807, 2.05) is 0 Å². The summed E-state index contributed by atoms with van der Waals surface area (Å²) in [6, 6.07) is 1.60. The Morgan fingerprint density at radius 3 is 2.56 bits per heavy atom. The van der Waals surface area contributed by atoms with Crippen LogP contribution in [0.25, 0.3) is 0 Å². The highest BCUT2D eigenvalue weighted by Gasteiger charge is 2.32. The number of rotatable bonds is 5. The van der Waals surface area contributed by atoms with Crippen LogP contribution < -0.4 is 4.74 Å². The molecule has 0 amide bonds. The first-order chi connectivity index (χ1) is 11.5. The van der Waals surface area contributed by atoms with Crippen molar-refractivity contribution in [2.24, 2.45) is 0 Å². The van der Waals surface area contributed by atoms with Crippen molar-refractivity contribution in [1.29, 1.82) is 0 Å². The number of benzene rings is 1. The third-order valence-electron chi connectivity index (χ3n) is 3.39. The summed E-state index contributed by atoms with van der Waals surface area (Å²) in [5.74, 6) is -3.60. The van der Waals surface area contributed by atoms with Crippen molar-refractivity contribution in [2.75, 3.05) is 13.2 Å². The summed E-state index contributed by atoms with van der Waals surface area (Å²) in [5.41, 5.74) is -1.23. The average molecular weight is 358 g/mol. The summed E-state index contributed by atoms with van der Waals surface area (Å²) in [4.78, 5) is 12.2. The van der Waals surface area contributed by atoms with Crippen LogP contribution >= 0.6 is 0 Å². The minimum atomic E-state index is -1.02. The second kappa shape index (κ2) is 7.25. The van der Waals surface area contributed by atoms with Gasteiger partial charge in [-0.15, -0.1) is 0 Å². The van der Waals surface area contributed by atoms with Gasteiger partial charge in [0.05, 0.1) is 19.3 Å². The zero-order valence-electron chi connectivity index (χ0n) is 15.2. The number of carbonyl (C=O) groups excluding carboxylic acids is 1. The Labute approximate surface area is 146 Å². The number of ether oxygens (including phenoxy) is 4. The van der Waals surface area contributed by atoms with Crippen molar-refractivity contribution in [3.05, 3.63) is 29.3 Å². The Morgan fingerprint density at radius 1 is 1.32 bits per heavy atom. The van der Waals surface area contributed by atoms with Gasteiger partial charge in [0.25, 0.3) is 0 Å². The Morgan fingerprint density at radius 2 is 2.00 bits per heavy atom. The van der Waals surface area contributed by atoms with Crippen LogP contribution in [0.1, 0.15) is 51.4 Å². The minimum Gasteiger partial charge on any atom is -0.492 e. The van der Waals surface area contributed by atoms with Crippen molar-refractivity contribution in [3.63, 3.8) is 0 Å². The average Bonchev–Trinajstić information content (AvgIpc) is 2.75. The van der Waals surface area contributed by atoms with Gasteiger partial charge in [-0.25, -0.2) is 13.6 Å². The summed E-state index contributed by atoms with van der Waals surface area (Å²) >= 11 is 0. The quantitative estimate of drug-likeness (QED) is 0.749. The molecule has 140 valence electrons. The molecule has 7 heteroatoms. The fraction of sp³-hybridized carbons (Fsp3) is 0.611. The van der Waals surface area contributed by atoms with Gasteiger partial charge in [0.2, 0.25) is 0 Å². The summed E-state index contributed by atoms with van der Waals surface area (Å²) in [7, 11) is 0. The number of hydrogen-bond acceptors (Lipinski definition) is 5. The van der Waals surface area contributed by atoms with E-state index < -0.39 is 34.6 Å². The number of esters is 1. The molecule has 0 spiro atoms. The Bertz CT molecular complexity index is 637. The normalized spacial score (nSPS) is 19.7. The van der Waals surface area contributed by atoms with Crippen molar-refractivity contribution in [1.82, 2.24) is 0 Å².